The highest BCUT2D eigenvalue weighted by atomic mass is 35.5. The average molecular weight is 444 g/mol. The summed E-state index contributed by atoms with van der Waals surface area (Å²) >= 11 is 6.70. The van der Waals surface area contributed by atoms with Gasteiger partial charge in [-0.15, -0.1) is 0 Å². The monoisotopic (exact) mass is 443 g/mol. The second-order valence-corrected chi connectivity index (χ2v) is 8.37. The van der Waals surface area contributed by atoms with Crippen LogP contribution in [0.3, 0.4) is 0 Å². The zero-order valence-electron chi connectivity index (χ0n) is 16.9. The minimum atomic E-state index is -0.319. The van der Waals surface area contributed by atoms with Crippen molar-refractivity contribution in [1.82, 2.24) is 29.7 Å². The van der Waals surface area contributed by atoms with Crippen LogP contribution in [-0.2, 0) is 0 Å². The number of anilines is 1. The number of aliphatic hydroxyl groups is 1. The lowest BCUT2D eigenvalue weighted by atomic mass is 9.90. The fraction of sp³-hybridized carbons (Fsp3) is 0.174. The van der Waals surface area contributed by atoms with Gasteiger partial charge in [0.2, 0.25) is 0 Å². The fourth-order valence-corrected chi connectivity index (χ4v) is 4.44. The highest BCUT2D eigenvalue weighted by Crippen LogP contribution is 2.40. The second-order valence-electron chi connectivity index (χ2n) is 7.97. The Hall–Kier alpha value is -3.62. The molecule has 158 valence electrons. The van der Waals surface area contributed by atoms with Crippen LogP contribution in [0.4, 0.5) is 5.82 Å². The number of aromatic nitrogens is 6. The number of halogens is 1. The molecule has 5 aromatic rings. The van der Waals surface area contributed by atoms with E-state index in [9.17, 15) is 5.11 Å². The average Bonchev–Trinajstić information content (AvgIpc) is 3.17. The van der Waals surface area contributed by atoms with E-state index >= 15 is 0 Å². The van der Waals surface area contributed by atoms with Crippen LogP contribution in [0.25, 0.3) is 44.6 Å². The molecule has 1 saturated carbocycles. The van der Waals surface area contributed by atoms with Crippen LogP contribution in [0.1, 0.15) is 18.9 Å². The molecule has 0 radical (unpaired) electrons. The number of pyridine rings is 2. The molecule has 1 aliphatic rings. The molecule has 0 atom stereocenters. The van der Waals surface area contributed by atoms with Crippen molar-refractivity contribution >= 4 is 39.4 Å². The zero-order valence-corrected chi connectivity index (χ0v) is 17.6. The van der Waals surface area contributed by atoms with E-state index in [4.69, 9.17) is 27.4 Å². The van der Waals surface area contributed by atoms with E-state index in [1.807, 2.05) is 47.1 Å². The van der Waals surface area contributed by atoms with E-state index in [1.54, 1.807) is 6.20 Å². The first-order valence-corrected chi connectivity index (χ1v) is 10.6. The molecule has 0 unspecified atom stereocenters. The molecule has 0 aliphatic heterocycles. The van der Waals surface area contributed by atoms with Gasteiger partial charge in [0, 0.05) is 17.1 Å². The summed E-state index contributed by atoms with van der Waals surface area (Å²) < 4.78 is 1.83. The Morgan fingerprint density at radius 2 is 1.91 bits per heavy atom. The van der Waals surface area contributed by atoms with Gasteiger partial charge >= 0.3 is 0 Å². The van der Waals surface area contributed by atoms with Gasteiger partial charge in [-0.25, -0.2) is 19.6 Å². The molecule has 0 amide bonds. The Balaban J connectivity index is 1.55. The lowest BCUT2D eigenvalue weighted by Crippen LogP contribution is -2.31. The molecule has 4 heterocycles. The maximum absolute atomic E-state index is 9.78. The van der Waals surface area contributed by atoms with Crippen molar-refractivity contribution in [3.63, 3.8) is 0 Å². The Labute approximate surface area is 187 Å². The first-order valence-electron chi connectivity index (χ1n) is 10.3. The van der Waals surface area contributed by atoms with Gasteiger partial charge in [-0.05, 0) is 43.2 Å². The van der Waals surface area contributed by atoms with Gasteiger partial charge in [0.15, 0.2) is 5.65 Å². The van der Waals surface area contributed by atoms with Crippen molar-refractivity contribution in [1.29, 1.82) is 0 Å². The Morgan fingerprint density at radius 1 is 1.03 bits per heavy atom. The van der Waals surface area contributed by atoms with Crippen molar-refractivity contribution in [2.45, 2.75) is 25.0 Å². The number of rotatable bonds is 3. The molecule has 0 spiro atoms. The van der Waals surface area contributed by atoms with E-state index in [0.29, 0.717) is 46.0 Å². The second kappa shape index (κ2) is 7.22. The predicted molar refractivity (Wildman–Crippen MR) is 123 cm³/mol. The minimum Gasteiger partial charge on any atom is -0.393 e. The lowest BCUT2D eigenvalue weighted by Gasteiger charge is -2.31. The molecule has 4 aromatic heterocycles. The third kappa shape index (κ3) is 2.99. The number of nitrogens with zero attached hydrogens (tertiary/aromatic N) is 6. The summed E-state index contributed by atoms with van der Waals surface area (Å²) in [5, 5.41) is 16.7. The number of nitrogen functional groups attached to an aromatic ring is 1. The van der Waals surface area contributed by atoms with Crippen molar-refractivity contribution in [3.05, 3.63) is 60.0 Å². The van der Waals surface area contributed by atoms with Gasteiger partial charge in [0.05, 0.1) is 39.5 Å². The fourth-order valence-electron chi connectivity index (χ4n) is 4.18. The van der Waals surface area contributed by atoms with Crippen LogP contribution in [0.15, 0.2) is 55.0 Å². The van der Waals surface area contributed by atoms with Gasteiger partial charge in [-0.3, -0.25) is 4.98 Å². The summed E-state index contributed by atoms with van der Waals surface area (Å²) in [6.07, 6.45) is 4.10. The van der Waals surface area contributed by atoms with Gasteiger partial charge in [0.1, 0.15) is 17.8 Å². The molecule has 1 aromatic carbocycles. The summed E-state index contributed by atoms with van der Waals surface area (Å²) in [4.78, 5) is 17.8. The summed E-state index contributed by atoms with van der Waals surface area (Å²) in [5.41, 5.74) is 10.5. The number of hydrogen-bond donors (Lipinski definition) is 2. The van der Waals surface area contributed by atoms with Crippen LogP contribution in [0.2, 0.25) is 5.02 Å². The first-order chi connectivity index (χ1) is 15.6. The van der Waals surface area contributed by atoms with E-state index in [-0.39, 0.29) is 12.1 Å². The quantitative estimate of drug-likeness (QED) is 0.432. The van der Waals surface area contributed by atoms with Crippen molar-refractivity contribution in [3.8, 4) is 22.6 Å². The summed E-state index contributed by atoms with van der Waals surface area (Å²) in [5.74, 6) is 0.336. The number of hydrogen-bond acceptors (Lipinski definition) is 7. The van der Waals surface area contributed by atoms with Gasteiger partial charge in [0.25, 0.3) is 0 Å². The van der Waals surface area contributed by atoms with Gasteiger partial charge < -0.3 is 10.8 Å². The van der Waals surface area contributed by atoms with Gasteiger partial charge in [-0.2, -0.15) is 5.10 Å². The molecular weight excluding hydrogens is 426 g/mol. The maximum Gasteiger partial charge on any atom is 0.164 e. The lowest BCUT2D eigenvalue weighted by molar-refractivity contribution is 0.0452. The highest BCUT2D eigenvalue weighted by Gasteiger charge is 2.32. The van der Waals surface area contributed by atoms with Crippen LogP contribution < -0.4 is 5.73 Å². The Kier molecular flexibility index (Phi) is 4.31. The van der Waals surface area contributed by atoms with Crippen LogP contribution in [0, 0.1) is 0 Å². The molecule has 0 saturated heterocycles. The molecule has 1 aliphatic carbocycles. The number of aliphatic hydroxyl groups excluding tert-OH is 1. The summed E-state index contributed by atoms with van der Waals surface area (Å²) in [6.45, 7) is 0. The largest absolute Gasteiger partial charge is 0.393 e. The SMILES string of the molecule is Nc1ncnc2c1c(-c1cc3nc(-c4ccccn4)ccc3cc1Cl)nn2C1CC(O)C1. The third-order valence-corrected chi connectivity index (χ3v) is 6.23. The Morgan fingerprint density at radius 3 is 2.69 bits per heavy atom. The number of fused-ring (bicyclic) bond motifs is 2. The molecule has 3 N–H and O–H groups in total. The molecule has 32 heavy (non-hydrogen) atoms. The van der Waals surface area contributed by atoms with E-state index in [1.165, 1.54) is 6.33 Å². The highest BCUT2D eigenvalue weighted by molar-refractivity contribution is 6.34. The minimum absolute atomic E-state index is 0.0589. The van der Waals surface area contributed by atoms with Crippen molar-refractivity contribution in [2.75, 3.05) is 5.73 Å². The normalized spacial score (nSPS) is 18.2. The summed E-state index contributed by atoms with van der Waals surface area (Å²) in [7, 11) is 0. The molecule has 1 fully saturated rings. The smallest absolute Gasteiger partial charge is 0.164 e. The molecule has 8 nitrogen and oxygen atoms in total. The van der Waals surface area contributed by atoms with Crippen molar-refractivity contribution in [2.24, 2.45) is 0 Å². The van der Waals surface area contributed by atoms with E-state index < -0.39 is 0 Å². The van der Waals surface area contributed by atoms with Crippen molar-refractivity contribution < 1.29 is 5.11 Å². The zero-order chi connectivity index (χ0) is 21.8. The molecule has 0 bridgehead atoms. The Bertz CT molecular complexity index is 1480. The standard InChI is InChI=1S/C23H18ClN7O/c24-16-7-12-4-5-18(17-3-1-2-6-26-17)29-19(12)10-15(16)21-20-22(25)27-11-28-23(20)31(30-21)13-8-14(32)9-13/h1-7,10-11,13-14,32H,8-9H2,(H2,25,27,28). The van der Waals surface area contributed by atoms with Crippen LogP contribution >= 0.6 is 11.6 Å². The molecule has 6 rings (SSSR count). The predicted octanol–water partition coefficient (Wildman–Crippen LogP) is 4.03. The van der Waals surface area contributed by atoms with E-state index in [0.717, 1.165) is 22.3 Å². The number of nitrogens with two attached hydrogens (primary N) is 1. The van der Waals surface area contributed by atoms with Crippen LogP contribution in [0.5, 0.6) is 0 Å². The summed E-state index contributed by atoms with van der Waals surface area (Å²) in [6, 6.07) is 13.5. The van der Waals surface area contributed by atoms with Gasteiger partial charge in [-0.1, -0.05) is 23.7 Å². The van der Waals surface area contributed by atoms with Crippen LogP contribution in [-0.4, -0.2) is 40.9 Å². The number of benzene rings is 1. The maximum atomic E-state index is 9.78. The third-order valence-electron chi connectivity index (χ3n) is 5.91. The first kappa shape index (κ1) is 19.1. The van der Waals surface area contributed by atoms with E-state index in [2.05, 4.69) is 15.0 Å². The molecule has 9 heteroatoms. The topological polar surface area (TPSA) is 116 Å². The molecular formula is C23H18ClN7O.